The van der Waals surface area contributed by atoms with Crippen molar-refractivity contribution in [3.8, 4) is 10.6 Å². The van der Waals surface area contributed by atoms with Gasteiger partial charge in [0.15, 0.2) is 0 Å². The predicted octanol–water partition coefficient (Wildman–Crippen LogP) is 4.72. The van der Waals surface area contributed by atoms with Gasteiger partial charge in [0, 0.05) is 24.0 Å². The molecule has 0 saturated carbocycles. The third-order valence-electron chi connectivity index (χ3n) is 3.53. The van der Waals surface area contributed by atoms with E-state index < -0.39 is 0 Å². The smallest absolute Gasteiger partial charge is 0.236 e. The van der Waals surface area contributed by atoms with Gasteiger partial charge in [0.25, 0.3) is 0 Å². The van der Waals surface area contributed by atoms with Crippen molar-refractivity contribution in [3.05, 3.63) is 70.8 Å². The first-order chi connectivity index (χ1) is 11.3. The molecule has 3 aromatic heterocycles. The van der Waals surface area contributed by atoms with Crippen molar-refractivity contribution in [2.45, 2.75) is 6.54 Å². The molecule has 0 radical (unpaired) electrons. The number of thiophene rings is 1. The van der Waals surface area contributed by atoms with E-state index in [2.05, 4.69) is 26.7 Å². The van der Waals surface area contributed by atoms with Crippen molar-refractivity contribution in [1.82, 2.24) is 14.4 Å². The third-order valence-corrected chi connectivity index (χ3v) is 4.66. The number of fused-ring (bicyclic) bond motifs is 1. The number of rotatable bonds is 4. The average molecular weight is 341 g/mol. The minimum Gasteiger partial charge on any atom is -0.365 e. The Morgan fingerprint density at radius 2 is 2.00 bits per heavy atom. The maximum atomic E-state index is 5.94. The molecular weight excluding hydrogens is 328 g/mol. The fourth-order valence-corrected chi connectivity index (χ4v) is 3.27. The monoisotopic (exact) mass is 340 g/mol. The Morgan fingerprint density at radius 1 is 1.13 bits per heavy atom. The molecule has 0 atom stereocenters. The number of anilines is 1. The molecule has 0 amide bonds. The van der Waals surface area contributed by atoms with E-state index >= 15 is 0 Å². The molecule has 0 spiro atoms. The van der Waals surface area contributed by atoms with Gasteiger partial charge in [-0.15, -0.1) is 11.3 Å². The van der Waals surface area contributed by atoms with Crippen LogP contribution >= 0.6 is 22.9 Å². The summed E-state index contributed by atoms with van der Waals surface area (Å²) in [5.74, 6) is 1.64. The second-order valence-corrected chi connectivity index (χ2v) is 6.44. The largest absolute Gasteiger partial charge is 0.365 e. The molecule has 0 saturated heterocycles. The lowest BCUT2D eigenvalue weighted by molar-refractivity contribution is 1.06. The van der Waals surface area contributed by atoms with Crippen LogP contribution in [0.3, 0.4) is 0 Å². The van der Waals surface area contributed by atoms with E-state index in [1.165, 1.54) is 0 Å². The molecule has 23 heavy (non-hydrogen) atoms. The van der Waals surface area contributed by atoms with Crippen LogP contribution in [-0.2, 0) is 6.54 Å². The third kappa shape index (κ3) is 2.81. The van der Waals surface area contributed by atoms with Gasteiger partial charge < -0.3 is 5.32 Å². The Morgan fingerprint density at radius 3 is 2.78 bits per heavy atom. The molecule has 6 heteroatoms. The molecule has 3 heterocycles. The second-order valence-electron chi connectivity index (χ2n) is 5.06. The van der Waals surface area contributed by atoms with E-state index in [1.807, 2.05) is 47.0 Å². The van der Waals surface area contributed by atoms with Crippen LogP contribution in [0.2, 0.25) is 5.02 Å². The zero-order chi connectivity index (χ0) is 15.6. The van der Waals surface area contributed by atoms with Crippen LogP contribution in [0.1, 0.15) is 5.56 Å². The van der Waals surface area contributed by atoms with Gasteiger partial charge in [0.1, 0.15) is 11.5 Å². The number of nitrogens with one attached hydrogen (secondary N) is 1. The van der Waals surface area contributed by atoms with Crippen LogP contribution in [0.15, 0.2) is 60.2 Å². The summed E-state index contributed by atoms with van der Waals surface area (Å²) in [5, 5.41) is 6.28. The van der Waals surface area contributed by atoms with Crippen molar-refractivity contribution < 1.29 is 0 Å². The maximum absolute atomic E-state index is 5.94. The standard InChI is InChI=1S/C17H13ClN4S/c18-13-6-4-12(5-7-13)11-20-16-15(14-3-1-10-23-14)21-17-19-8-2-9-22(16)17/h1-10,20H,11H2. The van der Waals surface area contributed by atoms with Crippen LogP contribution < -0.4 is 5.32 Å². The lowest BCUT2D eigenvalue weighted by Gasteiger charge is -2.08. The van der Waals surface area contributed by atoms with Crippen molar-refractivity contribution in [1.29, 1.82) is 0 Å². The summed E-state index contributed by atoms with van der Waals surface area (Å²) in [5.41, 5.74) is 2.08. The van der Waals surface area contributed by atoms with Crippen molar-refractivity contribution in [2.24, 2.45) is 0 Å². The number of nitrogens with zero attached hydrogens (tertiary/aromatic N) is 3. The molecule has 4 rings (SSSR count). The first kappa shape index (κ1) is 14.2. The molecule has 1 aromatic carbocycles. The summed E-state index contributed by atoms with van der Waals surface area (Å²) in [6.07, 6.45) is 3.72. The molecular formula is C17H13ClN4S. The average Bonchev–Trinajstić information content (AvgIpc) is 3.22. The van der Waals surface area contributed by atoms with Crippen molar-refractivity contribution in [3.63, 3.8) is 0 Å². The number of hydrogen-bond donors (Lipinski definition) is 1. The summed E-state index contributed by atoms with van der Waals surface area (Å²) in [4.78, 5) is 10.1. The topological polar surface area (TPSA) is 42.2 Å². The number of hydrogen-bond acceptors (Lipinski definition) is 4. The van der Waals surface area contributed by atoms with Gasteiger partial charge in [-0.05, 0) is 35.2 Å². The van der Waals surface area contributed by atoms with Crippen molar-refractivity contribution in [2.75, 3.05) is 5.32 Å². The van der Waals surface area contributed by atoms with Crippen LogP contribution in [0.4, 0.5) is 5.82 Å². The lowest BCUT2D eigenvalue weighted by atomic mass is 10.2. The highest BCUT2D eigenvalue weighted by Crippen LogP contribution is 2.31. The van der Waals surface area contributed by atoms with E-state index in [4.69, 9.17) is 11.6 Å². The fourth-order valence-electron chi connectivity index (χ4n) is 2.43. The van der Waals surface area contributed by atoms with Crippen LogP contribution in [0, 0.1) is 0 Å². The fraction of sp³-hybridized carbons (Fsp3) is 0.0588. The number of benzene rings is 1. The number of halogens is 1. The van der Waals surface area contributed by atoms with Gasteiger partial charge in [-0.1, -0.05) is 29.8 Å². The molecule has 0 aliphatic heterocycles. The summed E-state index contributed by atoms with van der Waals surface area (Å²) >= 11 is 7.61. The normalized spacial score (nSPS) is 11.0. The lowest BCUT2D eigenvalue weighted by Crippen LogP contribution is -2.03. The Bertz CT molecular complexity index is 929. The Balaban J connectivity index is 1.72. The molecule has 0 unspecified atom stereocenters. The molecule has 4 aromatic rings. The van der Waals surface area contributed by atoms with E-state index in [0.717, 1.165) is 27.0 Å². The molecule has 1 N–H and O–H groups in total. The minimum absolute atomic E-state index is 0.689. The number of aromatic nitrogens is 3. The summed E-state index contributed by atoms with van der Waals surface area (Å²) < 4.78 is 1.98. The zero-order valence-electron chi connectivity index (χ0n) is 12.1. The van der Waals surface area contributed by atoms with E-state index in [0.29, 0.717) is 12.3 Å². The minimum atomic E-state index is 0.689. The SMILES string of the molecule is Clc1ccc(CNc2c(-c3cccs3)nc3ncccn23)cc1. The molecule has 114 valence electrons. The summed E-state index contributed by atoms with van der Waals surface area (Å²) in [7, 11) is 0. The first-order valence-electron chi connectivity index (χ1n) is 7.16. The molecule has 0 aliphatic carbocycles. The van der Waals surface area contributed by atoms with Crippen LogP contribution in [0.25, 0.3) is 16.3 Å². The molecule has 0 bridgehead atoms. The summed E-state index contributed by atoms with van der Waals surface area (Å²) in [6, 6.07) is 13.8. The molecule has 0 fully saturated rings. The Kier molecular flexibility index (Phi) is 3.73. The highest BCUT2D eigenvalue weighted by Gasteiger charge is 2.15. The van der Waals surface area contributed by atoms with E-state index in [9.17, 15) is 0 Å². The van der Waals surface area contributed by atoms with E-state index in [1.54, 1.807) is 17.5 Å². The van der Waals surface area contributed by atoms with Gasteiger partial charge in [-0.2, -0.15) is 0 Å². The van der Waals surface area contributed by atoms with Gasteiger partial charge >= 0.3 is 0 Å². The zero-order valence-corrected chi connectivity index (χ0v) is 13.7. The maximum Gasteiger partial charge on any atom is 0.236 e. The van der Waals surface area contributed by atoms with E-state index in [-0.39, 0.29) is 0 Å². The van der Waals surface area contributed by atoms with Crippen LogP contribution in [0.5, 0.6) is 0 Å². The van der Waals surface area contributed by atoms with Gasteiger partial charge in [0.05, 0.1) is 4.88 Å². The quantitative estimate of drug-likeness (QED) is 0.584. The van der Waals surface area contributed by atoms with Gasteiger partial charge in [-0.3, -0.25) is 4.40 Å². The van der Waals surface area contributed by atoms with Crippen molar-refractivity contribution >= 4 is 34.5 Å². The molecule has 4 nitrogen and oxygen atoms in total. The van der Waals surface area contributed by atoms with Crippen LogP contribution in [-0.4, -0.2) is 14.4 Å². The summed E-state index contributed by atoms with van der Waals surface area (Å²) in [6.45, 7) is 0.693. The predicted molar refractivity (Wildman–Crippen MR) is 95.1 cm³/mol. The Hall–Kier alpha value is -2.37. The van der Waals surface area contributed by atoms with Gasteiger partial charge in [-0.25, -0.2) is 9.97 Å². The second kappa shape index (κ2) is 6.02. The first-order valence-corrected chi connectivity index (χ1v) is 8.42. The molecule has 0 aliphatic rings. The number of imidazole rings is 1. The highest BCUT2D eigenvalue weighted by atomic mass is 35.5. The Labute approximate surface area is 142 Å². The van der Waals surface area contributed by atoms with Gasteiger partial charge in [0.2, 0.25) is 5.78 Å². The highest BCUT2D eigenvalue weighted by molar-refractivity contribution is 7.13.